The Morgan fingerprint density at radius 3 is 2.67 bits per heavy atom. The highest BCUT2D eigenvalue weighted by Crippen LogP contribution is 2.27. The SMILES string of the molecule is CCC(=O)Nc1nc(NCC(O)CO)c(Cl)nc1[N+](=O)[O-]. The highest BCUT2D eigenvalue weighted by atomic mass is 35.5. The smallest absolute Gasteiger partial charge is 0.394 e. The Hall–Kier alpha value is -2.04. The lowest BCUT2D eigenvalue weighted by atomic mass is 10.4. The van der Waals surface area contributed by atoms with Gasteiger partial charge < -0.3 is 31.0 Å². The van der Waals surface area contributed by atoms with Gasteiger partial charge in [-0.05, 0) is 21.5 Å². The van der Waals surface area contributed by atoms with E-state index in [0.29, 0.717) is 0 Å². The van der Waals surface area contributed by atoms with Crippen molar-refractivity contribution < 1.29 is 19.9 Å². The number of nitrogens with zero attached hydrogens (tertiary/aromatic N) is 3. The standard InChI is InChI=1S/C10H14ClN5O5/c1-2-6(19)13-9-10(16(20)21)14-7(11)8(15-9)12-3-5(18)4-17/h5,17-18H,2-4H2,1H3,(H2,12,13,15,19). The molecule has 0 saturated carbocycles. The summed E-state index contributed by atoms with van der Waals surface area (Å²) in [6.07, 6.45) is -0.959. The van der Waals surface area contributed by atoms with E-state index in [1.165, 1.54) is 0 Å². The van der Waals surface area contributed by atoms with Crippen LogP contribution in [0.3, 0.4) is 0 Å². The first kappa shape index (κ1) is 17.0. The maximum Gasteiger partial charge on any atom is 0.408 e. The Bertz CT molecular complexity index is 541. The third kappa shape index (κ3) is 4.77. The number of rotatable bonds is 7. The fraction of sp³-hybridized carbons (Fsp3) is 0.500. The average Bonchev–Trinajstić information content (AvgIpc) is 2.46. The van der Waals surface area contributed by atoms with Crippen LogP contribution in [0, 0.1) is 10.1 Å². The maximum absolute atomic E-state index is 11.3. The van der Waals surface area contributed by atoms with Gasteiger partial charge in [0.1, 0.15) is 0 Å². The van der Waals surface area contributed by atoms with Crippen LogP contribution in [0.5, 0.6) is 0 Å². The van der Waals surface area contributed by atoms with Crippen molar-refractivity contribution in [3.05, 3.63) is 15.3 Å². The van der Waals surface area contributed by atoms with Crippen LogP contribution in [0.15, 0.2) is 0 Å². The molecule has 21 heavy (non-hydrogen) atoms. The molecule has 0 aliphatic rings. The average molecular weight is 320 g/mol. The van der Waals surface area contributed by atoms with E-state index in [0.717, 1.165) is 0 Å². The van der Waals surface area contributed by atoms with Crippen molar-refractivity contribution in [1.82, 2.24) is 9.97 Å². The summed E-state index contributed by atoms with van der Waals surface area (Å²) in [7, 11) is 0. The topological polar surface area (TPSA) is 151 Å². The molecule has 0 aromatic carbocycles. The molecule has 0 saturated heterocycles. The summed E-state index contributed by atoms with van der Waals surface area (Å²) in [5.74, 6) is -1.57. The van der Waals surface area contributed by atoms with E-state index in [4.69, 9.17) is 16.7 Å². The number of hydrogen-bond acceptors (Lipinski definition) is 8. The number of halogens is 1. The number of aliphatic hydroxyl groups is 2. The molecule has 0 aliphatic carbocycles. The molecule has 1 aromatic heterocycles. The van der Waals surface area contributed by atoms with Gasteiger partial charge >= 0.3 is 5.82 Å². The molecule has 1 aromatic rings. The highest BCUT2D eigenvalue weighted by Gasteiger charge is 2.24. The molecule has 0 fully saturated rings. The van der Waals surface area contributed by atoms with Gasteiger partial charge in [0.05, 0.1) is 12.7 Å². The largest absolute Gasteiger partial charge is 0.408 e. The second-order valence-electron chi connectivity index (χ2n) is 3.91. The highest BCUT2D eigenvalue weighted by molar-refractivity contribution is 6.31. The van der Waals surface area contributed by atoms with E-state index in [1.54, 1.807) is 6.92 Å². The minimum Gasteiger partial charge on any atom is -0.394 e. The van der Waals surface area contributed by atoms with Gasteiger partial charge in [-0.1, -0.05) is 6.92 Å². The Morgan fingerprint density at radius 2 is 2.14 bits per heavy atom. The van der Waals surface area contributed by atoms with Gasteiger partial charge in [0.2, 0.25) is 11.7 Å². The molecule has 1 rings (SSSR count). The molecular formula is C10H14ClN5O5. The Kier molecular flexibility index (Phi) is 6.21. The lowest BCUT2D eigenvalue weighted by Crippen LogP contribution is -2.24. The van der Waals surface area contributed by atoms with Crippen LogP contribution in [0.25, 0.3) is 0 Å². The van der Waals surface area contributed by atoms with Crippen molar-refractivity contribution in [3.63, 3.8) is 0 Å². The zero-order valence-electron chi connectivity index (χ0n) is 11.0. The summed E-state index contributed by atoms with van der Waals surface area (Å²) in [6, 6.07) is 0. The maximum atomic E-state index is 11.3. The second kappa shape index (κ2) is 7.67. The summed E-state index contributed by atoms with van der Waals surface area (Å²) in [4.78, 5) is 28.7. The van der Waals surface area contributed by atoms with Crippen LogP contribution in [-0.4, -0.2) is 50.3 Å². The molecule has 10 nitrogen and oxygen atoms in total. The molecule has 1 unspecified atom stereocenters. The van der Waals surface area contributed by atoms with E-state index >= 15 is 0 Å². The molecule has 116 valence electrons. The molecule has 1 heterocycles. The minimum atomic E-state index is -1.06. The molecule has 4 N–H and O–H groups in total. The predicted octanol–water partition coefficient (Wildman–Crippen LogP) is 0.152. The lowest BCUT2D eigenvalue weighted by Gasteiger charge is -2.10. The predicted molar refractivity (Wildman–Crippen MR) is 74.2 cm³/mol. The molecular weight excluding hydrogens is 306 g/mol. The molecule has 1 amide bonds. The quantitative estimate of drug-likeness (QED) is 0.409. The molecule has 0 aliphatic heterocycles. The molecule has 0 spiro atoms. The summed E-state index contributed by atoms with van der Waals surface area (Å²) in [5.41, 5.74) is 0. The number of amides is 1. The van der Waals surface area contributed by atoms with Gasteiger partial charge in [0.15, 0.2) is 5.82 Å². The van der Waals surface area contributed by atoms with Crippen molar-refractivity contribution in [2.45, 2.75) is 19.4 Å². The number of nitro groups is 1. The van der Waals surface area contributed by atoms with Crippen molar-refractivity contribution in [3.8, 4) is 0 Å². The van der Waals surface area contributed by atoms with Crippen molar-refractivity contribution in [1.29, 1.82) is 0 Å². The lowest BCUT2D eigenvalue weighted by molar-refractivity contribution is -0.388. The van der Waals surface area contributed by atoms with E-state index in [9.17, 15) is 20.0 Å². The van der Waals surface area contributed by atoms with Crippen LogP contribution in [0.4, 0.5) is 17.5 Å². The third-order valence-electron chi connectivity index (χ3n) is 2.30. The number of aromatic nitrogens is 2. The van der Waals surface area contributed by atoms with Crippen molar-refractivity contribution in [2.24, 2.45) is 0 Å². The number of anilines is 2. The fourth-order valence-electron chi connectivity index (χ4n) is 1.23. The zero-order valence-corrected chi connectivity index (χ0v) is 11.8. The number of carbonyl (C=O) groups is 1. The van der Waals surface area contributed by atoms with Gasteiger partial charge in [-0.15, -0.1) is 0 Å². The zero-order chi connectivity index (χ0) is 16.0. The van der Waals surface area contributed by atoms with Crippen LogP contribution < -0.4 is 10.6 Å². The molecule has 11 heteroatoms. The first-order valence-corrected chi connectivity index (χ1v) is 6.31. The summed E-state index contributed by atoms with van der Waals surface area (Å²) in [5, 5.41) is 33.3. The third-order valence-corrected chi connectivity index (χ3v) is 2.57. The molecule has 0 radical (unpaired) electrons. The minimum absolute atomic E-state index is 0.0545. The number of aliphatic hydroxyl groups excluding tert-OH is 2. The summed E-state index contributed by atoms with van der Waals surface area (Å²) >= 11 is 5.75. The van der Waals surface area contributed by atoms with Crippen LogP contribution in [0.2, 0.25) is 5.15 Å². The van der Waals surface area contributed by atoms with E-state index in [2.05, 4.69) is 20.6 Å². The molecule has 0 bridgehead atoms. The number of carbonyl (C=O) groups excluding carboxylic acids is 1. The van der Waals surface area contributed by atoms with E-state index in [-0.39, 0.29) is 29.8 Å². The van der Waals surface area contributed by atoms with E-state index in [1.807, 2.05) is 0 Å². The van der Waals surface area contributed by atoms with Gasteiger partial charge in [-0.3, -0.25) is 4.79 Å². The first-order valence-electron chi connectivity index (χ1n) is 5.93. The number of hydrogen-bond donors (Lipinski definition) is 4. The van der Waals surface area contributed by atoms with Crippen molar-refractivity contribution >= 4 is 35.0 Å². The number of nitrogens with one attached hydrogen (secondary N) is 2. The summed E-state index contributed by atoms with van der Waals surface area (Å²) < 4.78 is 0. The Labute approximate surface area is 124 Å². The molecule has 1 atom stereocenters. The van der Waals surface area contributed by atoms with Crippen LogP contribution in [-0.2, 0) is 4.79 Å². The van der Waals surface area contributed by atoms with Gasteiger partial charge in [-0.2, -0.15) is 4.98 Å². The first-order chi connectivity index (χ1) is 9.88. The second-order valence-corrected chi connectivity index (χ2v) is 4.27. The Morgan fingerprint density at radius 1 is 1.48 bits per heavy atom. The van der Waals surface area contributed by atoms with Crippen LogP contribution >= 0.6 is 11.6 Å². The van der Waals surface area contributed by atoms with Crippen LogP contribution in [0.1, 0.15) is 13.3 Å². The Balaban J connectivity index is 3.07. The van der Waals surface area contributed by atoms with Gasteiger partial charge in [0.25, 0.3) is 5.15 Å². The summed E-state index contributed by atoms with van der Waals surface area (Å²) in [6.45, 7) is 0.996. The normalized spacial score (nSPS) is 11.8. The van der Waals surface area contributed by atoms with Gasteiger partial charge in [-0.25, -0.2) is 0 Å². The van der Waals surface area contributed by atoms with Crippen molar-refractivity contribution in [2.75, 3.05) is 23.8 Å². The van der Waals surface area contributed by atoms with Gasteiger partial charge in [0, 0.05) is 13.0 Å². The monoisotopic (exact) mass is 319 g/mol. The fourth-order valence-corrected chi connectivity index (χ4v) is 1.42. The van der Waals surface area contributed by atoms with E-state index < -0.39 is 29.4 Å².